The second-order valence-electron chi connectivity index (χ2n) is 18.0. The minimum atomic E-state index is -1.71. The van der Waals surface area contributed by atoms with Crippen molar-refractivity contribution in [1.29, 1.82) is 0 Å². The summed E-state index contributed by atoms with van der Waals surface area (Å²) in [5.41, 5.74) is 0. The molecule has 0 bridgehead atoms. The third-order valence-electron chi connectivity index (χ3n) is 12.1. The van der Waals surface area contributed by atoms with E-state index < -0.39 is 86.7 Å². The van der Waals surface area contributed by atoms with Crippen LogP contribution in [0.4, 0.5) is 0 Å². The maximum atomic E-state index is 13.0. The van der Waals surface area contributed by atoms with Crippen LogP contribution in [-0.4, -0.2) is 142 Å². The lowest BCUT2D eigenvalue weighted by Crippen LogP contribution is -2.61. The minimum absolute atomic E-state index is 0.0507. The van der Waals surface area contributed by atoms with Gasteiger partial charge in [-0.15, -0.1) is 0 Å². The van der Waals surface area contributed by atoms with Crippen molar-refractivity contribution in [2.75, 3.05) is 33.0 Å². The standard InChI is InChI=1S/C52H92O14/c1-3-5-7-9-11-13-15-17-19-20-21-22-24-26-28-30-32-34-36-61-38-41(64-44(54)35-33-31-29-27-25-23-18-16-14-12-10-8-6-4-2)39-62-51-50(60)48(58)46(56)43(66-51)40-63-52-49(59)47(57)45(55)42(37-53)65-52/h10-13,16-19,41-43,45-53,55-60H,3-9,14-15,20-40H2,1-2H3/b12-10-,13-11-,18-16-,19-17-. The van der Waals surface area contributed by atoms with E-state index in [1.54, 1.807) is 0 Å². The normalized spacial score (nSPS) is 26.7. The monoisotopic (exact) mass is 941 g/mol. The van der Waals surface area contributed by atoms with Crippen molar-refractivity contribution in [2.45, 2.75) is 242 Å². The number of carbonyl (C=O) groups excluding carboxylic acids is 1. The molecule has 66 heavy (non-hydrogen) atoms. The Morgan fingerprint density at radius 1 is 0.500 bits per heavy atom. The molecule has 2 aliphatic rings. The first-order chi connectivity index (χ1) is 32.1. The van der Waals surface area contributed by atoms with E-state index in [1.165, 1.54) is 70.6 Å². The first-order valence-corrected chi connectivity index (χ1v) is 25.7. The van der Waals surface area contributed by atoms with Gasteiger partial charge in [-0.1, -0.05) is 146 Å². The fourth-order valence-corrected chi connectivity index (χ4v) is 7.80. The highest BCUT2D eigenvalue weighted by molar-refractivity contribution is 5.69. The fourth-order valence-electron chi connectivity index (χ4n) is 7.80. The van der Waals surface area contributed by atoms with E-state index >= 15 is 0 Å². The van der Waals surface area contributed by atoms with Crippen LogP contribution in [0.5, 0.6) is 0 Å². The first-order valence-electron chi connectivity index (χ1n) is 25.7. The Morgan fingerprint density at radius 3 is 1.50 bits per heavy atom. The van der Waals surface area contributed by atoms with E-state index in [9.17, 15) is 40.5 Å². The Morgan fingerprint density at radius 2 is 0.955 bits per heavy atom. The van der Waals surface area contributed by atoms with Gasteiger partial charge in [0.15, 0.2) is 12.6 Å². The number of carbonyl (C=O) groups is 1. The summed E-state index contributed by atoms with van der Waals surface area (Å²) >= 11 is 0. The summed E-state index contributed by atoms with van der Waals surface area (Å²) in [6, 6.07) is 0. The zero-order valence-corrected chi connectivity index (χ0v) is 40.7. The maximum absolute atomic E-state index is 13.0. The molecule has 14 heteroatoms. The molecule has 384 valence electrons. The third-order valence-corrected chi connectivity index (χ3v) is 12.1. The lowest BCUT2D eigenvalue weighted by Gasteiger charge is -2.42. The zero-order chi connectivity index (χ0) is 48.0. The van der Waals surface area contributed by atoms with Gasteiger partial charge >= 0.3 is 5.97 Å². The summed E-state index contributed by atoms with van der Waals surface area (Å²) in [7, 11) is 0. The number of allylic oxidation sites excluding steroid dienone is 8. The van der Waals surface area contributed by atoms with Crippen LogP contribution in [0.25, 0.3) is 0 Å². The largest absolute Gasteiger partial charge is 0.457 e. The molecule has 14 nitrogen and oxygen atoms in total. The molecule has 2 fully saturated rings. The predicted octanol–water partition coefficient (Wildman–Crippen LogP) is 7.57. The van der Waals surface area contributed by atoms with Crippen LogP contribution in [-0.2, 0) is 33.2 Å². The Kier molecular flexibility index (Phi) is 36.2. The van der Waals surface area contributed by atoms with Gasteiger partial charge < -0.3 is 64.2 Å². The number of aliphatic hydroxyl groups excluding tert-OH is 7. The average Bonchev–Trinajstić information content (AvgIpc) is 3.31. The summed E-state index contributed by atoms with van der Waals surface area (Å²) in [5.74, 6) is -0.394. The zero-order valence-electron chi connectivity index (χ0n) is 40.7. The summed E-state index contributed by atoms with van der Waals surface area (Å²) in [6.45, 7) is 3.58. The summed E-state index contributed by atoms with van der Waals surface area (Å²) in [4.78, 5) is 13.0. The highest BCUT2D eigenvalue weighted by Crippen LogP contribution is 2.26. The molecule has 2 aliphatic heterocycles. The van der Waals surface area contributed by atoms with Crippen LogP contribution >= 0.6 is 0 Å². The van der Waals surface area contributed by atoms with E-state index in [-0.39, 0.29) is 19.6 Å². The van der Waals surface area contributed by atoms with Gasteiger partial charge in [-0.25, -0.2) is 0 Å². The smallest absolute Gasteiger partial charge is 0.306 e. The number of hydrogen-bond donors (Lipinski definition) is 7. The van der Waals surface area contributed by atoms with Crippen molar-refractivity contribution >= 4 is 5.97 Å². The van der Waals surface area contributed by atoms with E-state index in [0.29, 0.717) is 13.0 Å². The van der Waals surface area contributed by atoms with Crippen LogP contribution in [0.15, 0.2) is 48.6 Å². The molecule has 0 amide bonds. The molecule has 0 radical (unpaired) electrons. The van der Waals surface area contributed by atoms with Crippen molar-refractivity contribution < 1.29 is 69.0 Å². The number of aliphatic hydroxyl groups is 7. The van der Waals surface area contributed by atoms with E-state index in [0.717, 1.165) is 77.0 Å². The summed E-state index contributed by atoms with van der Waals surface area (Å²) < 4.78 is 34.2. The van der Waals surface area contributed by atoms with Crippen molar-refractivity contribution in [3.05, 3.63) is 48.6 Å². The second kappa shape index (κ2) is 39.8. The Labute approximate surface area is 397 Å². The minimum Gasteiger partial charge on any atom is -0.457 e. The molecule has 0 aromatic heterocycles. The Balaban J connectivity index is 1.77. The summed E-state index contributed by atoms with van der Waals surface area (Å²) in [6.07, 6.45) is 28.8. The molecule has 2 rings (SSSR count). The molecule has 2 saturated heterocycles. The number of hydrogen-bond acceptors (Lipinski definition) is 14. The molecule has 0 saturated carbocycles. The van der Waals surface area contributed by atoms with Gasteiger partial charge in [0.1, 0.15) is 54.9 Å². The molecule has 0 spiro atoms. The SMILES string of the molecule is CCCC/C=C\C/C=C\CCCCCCCC(=O)OC(COCCCCCCCCCC/C=C\C/C=C\CCCCC)COC1OC(COC2OC(CO)C(O)C(O)C2O)C(O)C(O)C1O. The van der Waals surface area contributed by atoms with E-state index in [2.05, 4.69) is 62.5 Å². The lowest BCUT2D eigenvalue weighted by atomic mass is 9.98. The van der Waals surface area contributed by atoms with Crippen LogP contribution in [0, 0.1) is 0 Å². The molecule has 2 heterocycles. The van der Waals surface area contributed by atoms with Crippen LogP contribution in [0.1, 0.15) is 174 Å². The van der Waals surface area contributed by atoms with Gasteiger partial charge in [-0.05, 0) is 70.6 Å². The van der Waals surface area contributed by atoms with E-state index in [4.69, 9.17) is 28.4 Å². The van der Waals surface area contributed by atoms with Crippen molar-refractivity contribution in [3.8, 4) is 0 Å². The number of ether oxygens (including phenoxy) is 6. The topological polar surface area (TPSA) is 214 Å². The molecule has 0 aromatic carbocycles. The van der Waals surface area contributed by atoms with Crippen LogP contribution < -0.4 is 0 Å². The van der Waals surface area contributed by atoms with E-state index in [1.807, 2.05) is 0 Å². The average molecular weight is 941 g/mol. The fraction of sp³-hybridized carbons (Fsp3) is 0.827. The van der Waals surface area contributed by atoms with Gasteiger partial charge in [-0.2, -0.15) is 0 Å². The van der Waals surface area contributed by atoms with Crippen molar-refractivity contribution in [3.63, 3.8) is 0 Å². The quantitative estimate of drug-likeness (QED) is 0.0179. The van der Waals surface area contributed by atoms with Gasteiger partial charge in [0.25, 0.3) is 0 Å². The third kappa shape index (κ3) is 27.2. The second-order valence-corrected chi connectivity index (χ2v) is 18.0. The molecule has 11 unspecified atom stereocenters. The molecule has 0 aromatic rings. The molecule has 7 N–H and O–H groups in total. The highest BCUT2D eigenvalue weighted by atomic mass is 16.7. The number of esters is 1. The molecule has 0 aliphatic carbocycles. The van der Waals surface area contributed by atoms with Crippen LogP contribution in [0.2, 0.25) is 0 Å². The van der Waals surface area contributed by atoms with Crippen LogP contribution in [0.3, 0.4) is 0 Å². The number of unbranched alkanes of at least 4 members (excludes halogenated alkanes) is 18. The molecular formula is C52H92O14. The van der Waals surface area contributed by atoms with Gasteiger partial charge in [-0.3, -0.25) is 4.79 Å². The molecule has 11 atom stereocenters. The van der Waals surface area contributed by atoms with Crippen molar-refractivity contribution in [2.24, 2.45) is 0 Å². The highest BCUT2D eigenvalue weighted by Gasteiger charge is 2.47. The van der Waals surface area contributed by atoms with Gasteiger partial charge in [0, 0.05) is 13.0 Å². The predicted molar refractivity (Wildman–Crippen MR) is 256 cm³/mol. The molecular weight excluding hydrogens is 849 g/mol. The Bertz CT molecular complexity index is 1280. The maximum Gasteiger partial charge on any atom is 0.306 e. The first kappa shape index (κ1) is 60.1. The Hall–Kier alpha value is -2.05. The van der Waals surface area contributed by atoms with Crippen molar-refractivity contribution in [1.82, 2.24) is 0 Å². The van der Waals surface area contributed by atoms with Gasteiger partial charge in [0.2, 0.25) is 0 Å². The number of rotatable bonds is 40. The summed E-state index contributed by atoms with van der Waals surface area (Å²) in [5, 5.41) is 72.1. The van der Waals surface area contributed by atoms with Gasteiger partial charge in [0.05, 0.1) is 26.4 Å². The lowest BCUT2D eigenvalue weighted by molar-refractivity contribution is -0.332.